The Hall–Kier alpha value is -1.32. The van der Waals surface area contributed by atoms with Crippen LogP contribution in [0.3, 0.4) is 0 Å². The first-order valence-electron chi connectivity index (χ1n) is 7.03. The summed E-state index contributed by atoms with van der Waals surface area (Å²) in [5, 5.41) is 7.44. The van der Waals surface area contributed by atoms with E-state index in [4.69, 9.17) is 0 Å². The van der Waals surface area contributed by atoms with Gasteiger partial charge < -0.3 is 5.32 Å². The zero-order chi connectivity index (χ0) is 12.8. The molecular formula is C14H23N3O. The maximum Gasteiger partial charge on any atom is 0.222 e. The molecule has 0 saturated heterocycles. The van der Waals surface area contributed by atoms with E-state index in [2.05, 4.69) is 10.4 Å². The van der Waals surface area contributed by atoms with Gasteiger partial charge in [-0.2, -0.15) is 5.10 Å². The van der Waals surface area contributed by atoms with Crippen LogP contribution in [0.5, 0.6) is 0 Å². The Labute approximate surface area is 109 Å². The first-order valence-corrected chi connectivity index (χ1v) is 7.03. The van der Waals surface area contributed by atoms with Gasteiger partial charge in [0.25, 0.3) is 0 Å². The summed E-state index contributed by atoms with van der Waals surface area (Å²) in [6.07, 6.45) is 9.88. The molecule has 1 aromatic rings. The average molecular weight is 249 g/mol. The summed E-state index contributed by atoms with van der Waals surface area (Å²) in [6.45, 7) is 2.63. The Morgan fingerprint density at radius 3 is 2.72 bits per heavy atom. The SMILES string of the molecule is Cc1ccn(CCC(=O)NC2CCCCCC2)n1. The Morgan fingerprint density at radius 1 is 1.39 bits per heavy atom. The number of rotatable bonds is 4. The summed E-state index contributed by atoms with van der Waals surface area (Å²) in [5.41, 5.74) is 0.999. The number of aromatic nitrogens is 2. The number of nitrogens with zero attached hydrogens (tertiary/aromatic N) is 2. The van der Waals surface area contributed by atoms with Gasteiger partial charge in [0, 0.05) is 25.2 Å². The van der Waals surface area contributed by atoms with Crippen molar-refractivity contribution in [1.29, 1.82) is 0 Å². The lowest BCUT2D eigenvalue weighted by molar-refractivity contribution is -0.122. The van der Waals surface area contributed by atoms with E-state index >= 15 is 0 Å². The molecule has 1 amide bonds. The van der Waals surface area contributed by atoms with Gasteiger partial charge >= 0.3 is 0 Å². The summed E-state index contributed by atoms with van der Waals surface area (Å²) in [7, 11) is 0. The highest BCUT2D eigenvalue weighted by Crippen LogP contribution is 2.17. The number of carbonyl (C=O) groups excluding carboxylic acids is 1. The van der Waals surface area contributed by atoms with Crippen molar-refractivity contribution in [2.24, 2.45) is 0 Å². The zero-order valence-electron chi connectivity index (χ0n) is 11.2. The van der Waals surface area contributed by atoms with E-state index in [1.807, 2.05) is 23.9 Å². The molecule has 0 bridgehead atoms. The van der Waals surface area contributed by atoms with Gasteiger partial charge in [0.2, 0.25) is 5.91 Å². The summed E-state index contributed by atoms with van der Waals surface area (Å²) < 4.78 is 1.84. The van der Waals surface area contributed by atoms with Gasteiger partial charge in [-0.3, -0.25) is 9.48 Å². The fraction of sp³-hybridized carbons (Fsp3) is 0.714. The van der Waals surface area contributed by atoms with Crippen molar-refractivity contribution in [3.63, 3.8) is 0 Å². The van der Waals surface area contributed by atoms with Crippen molar-refractivity contribution >= 4 is 5.91 Å². The predicted octanol–water partition coefficient (Wildman–Crippen LogP) is 2.42. The van der Waals surface area contributed by atoms with E-state index in [0.717, 1.165) is 18.5 Å². The third-order valence-electron chi connectivity index (χ3n) is 3.56. The molecule has 1 fully saturated rings. The third-order valence-corrected chi connectivity index (χ3v) is 3.56. The minimum Gasteiger partial charge on any atom is -0.353 e. The fourth-order valence-electron chi connectivity index (χ4n) is 2.53. The smallest absolute Gasteiger partial charge is 0.222 e. The number of hydrogen-bond donors (Lipinski definition) is 1. The lowest BCUT2D eigenvalue weighted by Crippen LogP contribution is -2.34. The topological polar surface area (TPSA) is 46.9 Å². The molecule has 0 aromatic carbocycles. The average Bonchev–Trinajstić information content (AvgIpc) is 2.60. The Balaban J connectivity index is 1.71. The minimum absolute atomic E-state index is 0.162. The van der Waals surface area contributed by atoms with Crippen LogP contribution >= 0.6 is 0 Å². The van der Waals surface area contributed by atoms with E-state index in [9.17, 15) is 4.79 Å². The van der Waals surface area contributed by atoms with Crippen LogP contribution in [0.15, 0.2) is 12.3 Å². The number of aryl methyl sites for hydroxylation is 2. The van der Waals surface area contributed by atoms with Crippen LogP contribution in [-0.2, 0) is 11.3 Å². The monoisotopic (exact) mass is 249 g/mol. The molecule has 1 heterocycles. The Bertz CT molecular complexity index is 378. The molecule has 1 aliphatic rings. The number of carbonyl (C=O) groups is 1. The maximum absolute atomic E-state index is 11.9. The zero-order valence-corrected chi connectivity index (χ0v) is 11.2. The number of nitrogens with one attached hydrogen (secondary N) is 1. The summed E-state index contributed by atoms with van der Waals surface area (Å²) >= 11 is 0. The lowest BCUT2D eigenvalue weighted by Gasteiger charge is -2.16. The van der Waals surface area contributed by atoms with Crippen LogP contribution < -0.4 is 5.32 Å². The fourth-order valence-corrected chi connectivity index (χ4v) is 2.53. The molecule has 100 valence electrons. The van der Waals surface area contributed by atoms with Crippen molar-refractivity contribution in [2.45, 2.75) is 64.5 Å². The Kier molecular flexibility index (Phi) is 4.79. The van der Waals surface area contributed by atoms with E-state index < -0.39 is 0 Å². The summed E-state index contributed by atoms with van der Waals surface area (Å²) in [4.78, 5) is 11.9. The van der Waals surface area contributed by atoms with Crippen molar-refractivity contribution in [2.75, 3.05) is 0 Å². The standard InChI is InChI=1S/C14H23N3O/c1-12-8-10-17(16-12)11-9-14(18)15-13-6-4-2-3-5-7-13/h8,10,13H,2-7,9,11H2,1H3,(H,15,18). The van der Waals surface area contributed by atoms with Crippen LogP contribution in [0, 0.1) is 6.92 Å². The number of amides is 1. The van der Waals surface area contributed by atoms with Gasteiger partial charge in [-0.15, -0.1) is 0 Å². The van der Waals surface area contributed by atoms with Gasteiger partial charge in [0.1, 0.15) is 0 Å². The van der Waals surface area contributed by atoms with Crippen LogP contribution in [-0.4, -0.2) is 21.7 Å². The minimum atomic E-state index is 0.162. The lowest BCUT2D eigenvalue weighted by atomic mass is 10.1. The second kappa shape index (κ2) is 6.57. The quantitative estimate of drug-likeness (QED) is 0.833. The van der Waals surface area contributed by atoms with Gasteiger partial charge in [0.15, 0.2) is 0 Å². The van der Waals surface area contributed by atoms with E-state index in [-0.39, 0.29) is 5.91 Å². The van der Waals surface area contributed by atoms with Crippen molar-refractivity contribution in [3.8, 4) is 0 Å². The normalized spacial score (nSPS) is 17.4. The van der Waals surface area contributed by atoms with E-state index in [1.54, 1.807) is 0 Å². The summed E-state index contributed by atoms with van der Waals surface area (Å²) in [6, 6.07) is 2.36. The molecular weight excluding hydrogens is 226 g/mol. The van der Waals surface area contributed by atoms with Gasteiger partial charge in [0.05, 0.1) is 5.69 Å². The van der Waals surface area contributed by atoms with Gasteiger partial charge in [-0.1, -0.05) is 25.7 Å². The first-order chi connectivity index (χ1) is 8.74. The van der Waals surface area contributed by atoms with Crippen molar-refractivity contribution < 1.29 is 4.79 Å². The largest absolute Gasteiger partial charge is 0.353 e. The number of hydrogen-bond acceptors (Lipinski definition) is 2. The molecule has 4 nitrogen and oxygen atoms in total. The van der Waals surface area contributed by atoms with E-state index in [0.29, 0.717) is 19.0 Å². The van der Waals surface area contributed by atoms with E-state index in [1.165, 1.54) is 25.7 Å². The molecule has 4 heteroatoms. The Morgan fingerprint density at radius 2 is 2.11 bits per heavy atom. The first kappa shape index (κ1) is 13.1. The molecule has 1 saturated carbocycles. The van der Waals surface area contributed by atoms with Gasteiger partial charge in [-0.05, 0) is 25.8 Å². The van der Waals surface area contributed by atoms with Crippen LogP contribution in [0.4, 0.5) is 0 Å². The van der Waals surface area contributed by atoms with Crippen molar-refractivity contribution in [3.05, 3.63) is 18.0 Å². The molecule has 0 unspecified atom stereocenters. The highest BCUT2D eigenvalue weighted by Gasteiger charge is 2.14. The van der Waals surface area contributed by atoms with Crippen LogP contribution in [0.2, 0.25) is 0 Å². The maximum atomic E-state index is 11.9. The molecule has 18 heavy (non-hydrogen) atoms. The molecule has 1 aliphatic carbocycles. The second-order valence-electron chi connectivity index (χ2n) is 5.23. The van der Waals surface area contributed by atoms with Crippen LogP contribution in [0.1, 0.15) is 50.6 Å². The molecule has 1 N–H and O–H groups in total. The summed E-state index contributed by atoms with van der Waals surface area (Å²) in [5.74, 6) is 0.162. The molecule has 0 spiro atoms. The molecule has 1 aromatic heterocycles. The molecule has 0 aliphatic heterocycles. The highest BCUT2D eigenvalue weighted by atomic mass is 16.1. The van der Waals surface area contributed by atoms with Crippen molar-refractivity contribution in [1.82, 2.24) is 15.1 Å². The van der Waals surface area contributed by atoms with Gasteiger partial charge in [-0.25, -0.2) is 0 Å². The molecule has 0 radical (unpaired) electrons. The third kappa shape index (κ3) is 4.17. The van der Waals surface area contributed by atoms with Crippen LogP contribution in [0.25, 0.3) is 0 Å². The predicted molar refractivity (Wildman–Crippen MR) is 71.2 cm³/mol. The molecule has 0 atom stereocenters. The molecule has 2 rings (SSSR count). The highest BCUT2D eigenvalue weighted by molar-refractivity contribution is 5.76. The second-order valence-corrected chi connectivity index (χ2v) is 5.23.